The molecule has 200 valence electrons. The third-order valence-corrected chi connectivity index (χ3v) is 8.58. The van der Waals surface area contributed by atoms with Crippen molar-refractivity contribution < 1.29 is 32.1 Å². The first-order chi connectivity index (χ1) is 17.6. The van der Waals surface area contributed by atoms with Crippen LogP contribution in [-0.4, -0.2) is 15.0 Å². The van der Waals surface area contributed by atoms with Gasteiger partial charge in [0.1, 0.15) is 4.90 Å². The molecular weight excluding hydrogens is 530 g/mol. The summed E-state index contributed by atoms with van der Waals surface area (Å²) >= 11 is 0. The molecule has 0 unspecified atom stereocenters. The largest absolute Gasteiger partial charge is 0.297 e. The monoisotopic (exact) mass is 574 g/mol. The van der Waals surface area contributed by atoms with Crippen molar-refractivity contribution in [3.05, 3.63) is 54.6 Å². The fraction of sp³-hybridized carbons (Fsp3) is 0.562. The van der Waals surface area contributed by atoms with Gasteiger partial charge in [0.2, 0.25) is 0 Å². The summed E-state index contributed by atoms with van der Waals surface area (Å²) in [6, 6.07) is 17.4. The fourth-order valence-electron chi connectivity index (χ4n) is 5.04. The van der Waals surface area contributed by atoms with Crippen LogP contribution in [0, 0.1) is 0 Å². The van der Waals surface area contributed by atoms with Crippen LogP contribution >= 0.6 is 0 Å². The van der Waals surface area contributed by atoms with Gasteiger partial charge in [0.15, 0.2) is 0 Å². The van der Waals surface area contributed by atoms with Crippen LogP contribution in [0.25, 0.3) is 21.5 Å². The molecule has 0 atom stereocenters. The molecule has 3 aromatic rings. The Morgan fingerprint density at radius 2 is 1.03 bits per heavy atom. The third-order valence-electron chi connectivity index (χ3n) is 7.21. The van der Waals surface area contributed by atoms with Crippen LogP contribution in [0.1, 0.15) is 110 Å². The zero-order valence-corrected chi connectivity index (χ0v) is 26.8. The van der Waals surface area contributed by atoms with Crippen molar-refractivity contribution in [2.75, 3.05) is 6.61 Å². The van der Waals surface area contributed by atoms with Crippen molar-refractivity contribution in [3.63, 3.8) is 0 Å². The predicted octanol–water partition coefficient (Wildman–Crippen LogP) is 9.96. The van der Waals surface area contributed by atoms with E-state index in [9.17, 15) is 8.42 Å². The van der Waals surface area contributed by atoms with Gasteiger partial charge in [0, 0.05) is 24.9 Å². The van der Waals surface area contributed by atoms with Crippen molar-refractivity contribution in [3.8, 4) is 0 Å². The molecule has 5 heteroatoms. The summed E-state index contributed by atoms with van der Waals surface area (Å²) in [4.78, 5) is 0.266. The zero-order chi connectivity index (χ0) is 25.5. The zero-order valence-electron chi connectivity index (χ0n) is 23.1. The molecule has 0 saturated heterocycles. The Kier molecular flexibility index (Phi) is 15.6. The quantitative estimate of drug-likeness (QED) is 0.0618. The van der Waals surface area contributed by atoms with Crippen LogP contribution in [0.3, 0.4) is 0 Å². The van der Waals surface area contributed by atoms with Crippen LogP contribution in [0.15, 0.2) is 59.5 Å². The fourth-order valence-corrected chi connectivity index (χ4v) is 6.19. The van der Waals surface area contributed by atoms with E-state index in [4.69, 9.17) is 4.18 Å². The second-order valence-corrected chi connectivity index (χ2v) is 11.8. The molecule has 0 saturated carbocycles. The molecule has 0 spiro atoms. The molecule has 3 rings (SSSR count). The maximum Gasteiger partial charge on any atom is 0.297 e. The Hall–Kier alpha value is -1.29. The van der Waals surface area contributed by atoms with Crippen molar-refractivity contribution in [1.82, 2.24) is 0 Å². The van der Waals surface area contributed by atoms with Gasteiger partial charge in [0.25, 0.3) is 10.1 Å². The Bertz CT molecular complexity index is 1140. The van der Waals surface area contributed by atoms with Gasteiger partial charge in [0.05, 0.1) is 6.61 Å². The van der Waals surface area contributed by atoms with Gasteiger partial charge in [-0.15, -0.1) is 0 Å². The van der Waals surface area contributed by atoms with E-state index in [1.54, 1.807) is 12.1 Å². The minimum absolute atomic E-state index is 0. The smallest absolute Gasteiger partial charge is 0.266 e. The Balaban J connectivity index is 0.00000481. The summed E-state index contributed by atoms with van der Waals surface area (Å²) in [6.07, 6.45) is 20.8. The maximum atomic E-state index is 12.9. The van der Waals surface area contributed by atoms with Gasteiger partial charge >= 0.3 is 0 Å². The van der Waals surface area contributed by atoms with Crippen LogP contribution in [0.2, 0.25) is 0 Å². The van der Waals surface area contributed by atoms with E-state index < -0.39 is 10.1 Å². The maximum absolute atomic E-state index is 12.9. The molecule has 37 heavy (non-hydrogen) atoms. The van der Waals surface area contributed by atoms with Gasteiger partial charge in [-0.25, -0.2) is 0 Å². The first-order valence-corrected chi connectivity index (χ1v) is 15.8. The Morgan fingerprint density at radius 3 is 1.57 bits per heavy atom. The molecule has 0 aliphatic rings. The van der Waals surface area contributed by atoms with E-state index in [0.29, 0.717) is 0 Å². The van der Waals surface area contributed by atoms with E-state index in [0.717, 1.165) is 40.8 Å². The van der Waals surface area contributed by atoms with Gasteiger partial charge < -0.3 is 0 Å². The minimum atomic E-state index is -3.78. The number of hydrogen-bond acceptors (Lipinski definition) is 3. The number of fused-ring (bicyclic) bond motifs is 2. The third kappa shape index (κ3) is 11.2. The first kappa shape index (κ1) is 31.9. The number of unbranched alkanes of at least 4 members (excludes halogenated alkanes) is 15. The molecule has 0 fully saturated rings. The van der Waals surface area contributed by atoms with E-state index in [-0.39, 0.29) is 31.0 Å². The summed E-state index contributed by atoms with van der Waals surface area (Å²) in [5.74, 6) is 0. The summed E-state index contributed by atoms with van der Waals surface area (Å²) in [7, 11) is -3.78. The second kappa shape index (κ2) is 18.1. The van der Waals surface area contributed by atoms with Crippen molar-refractivity contribution in [1.29, 1.82) is 0 Å². The summed E-state index contributed by atoms with van der Waals surface area (Å²) < 4.78 is 31.3. The van der Waals surface area contributed by atoms with E-state index >= 15 is 0 Å². The Morgan fingerprint density at radius 1 is 0.568 bits per heavy atom. The molecule has 0 radical (unpaired) electrons. The minimum Gasteiger partial charge on any atom is -0.266 e. The normalized spacial score (nSPS) is 11.7. The van der Waals surface area contributed by atoms with Gasteiger partial charge in [-0.2, -0.15) is 8.42 Å². The molecule has 0 heterocycles. The number of benzene rings is 3. The molecular formula is C32H46O3SZn. The van der Waals surface area contributed by atoms with Crippen LogP contribution in [-0.2, 0) is 33.8 Å². The number of hydrogen-bond donors (Lipinski definition) is 0. The molecule has 3 aromatic carbocycles. The van der Waals surface area contributed by atoms with Crippen LogP contribution < -0.4 is 0 Å². The average Bonchev–Trinajstić information content (AvgIpc) is 2.88. The standard InChI is InChI=1S/C32H46O3S.Zn/c1-2-3-4-5-6-7-8-9-10-11-12-13-14-15-16-19-25-35-36(33,34)32-24-20-23-30-26-28-21-17-18-22-29(28)27-31(30)32;/h17-18,20-24,26-27H,2-16,19,25H2,1H3;. The van der Waals surface area contributed by atoms with Gasteiger partial charge in [-0.3, -0.25) is 4.18 Å². The Labute approximate surface area is 238 Å². The van der Waals surface area contributed by atoms with Crippen LogP contribution in [0.5, 0.6) is 0 Å². The topological polar surface area (TPSA) is 43.4 Å². The second-order valence-electron chi connectivity index (χ2n) is 10.3. The summed E-state index contributed by atoms with van der Waals surface area (Å²) in [6.45, 7) is 2.53. The van der Waals surface area contributed by atoms with Crippen molar-refractivity contribution in [2.24, 2.45) is 0 Å². The molecule has 3 nitrogen and oxygen atoms in total. The molecule has 0 aliphatic heterocycles. The van der Waals surface area contributed by atoms with Crippen LogP contribution in [0.4, 0.5) is 0 Å². The van der Waals surface area contributed by atoms with Gasteiger partial charge in [-0.05, 0) is 40.8 Å². The van der Waals surface area contributed by atoms with E-state index in [1.807, 2.05) is 42.5 Å². The SMILES string of the molecule is CCCCCCCCCCCCCCCCCCOS(=O)(=O)c1cccc2cc3ccccc3cc12.[Zn]. The average molecular weight is 576 g/mol. The van der Waals surface area contributed by atoms with Gasteiger partial charge in [-0.1, -0.05) is 140 Å². The molecule has 0 N–H and O–H groups in total. The molecule has 0 aromatic heterocycles. The molecule has 0 bridgehead atoms. The summed E-state index contributed by atoms with van der Waals surface area (Å²) in [5, 5.41) is 3.78. The molecule has 0 aliphatic carbocycles. The van der Waals surface area contributed by atoms with Crippen molar-refractivity contribution in [2.45, 2.75) is 115 Å². The van der Waals surface area contributed by atoms with E-state index in [2.05, 4.69) is 6.92 Å². The number of rotatable bonds is 19. The first-order valence-electron chi connectivity index (χ1n) is 14.4. The van der Waals surface area contributed by atoms with Crippen molar-refractivity contribution >= 4 is 31.7 Å². The molecule has 0 amide bonds. The summed E-state index contributed by atoms with van der Waals surface area (Å²) in [5.41, 5.74) is 0. The predicted molar refractivity (Wildman–Crippen MR) is 154 cm³/mol. The van der Waals surface area contributed by atoms with E-state index in [1.165, 1.54) is 83.5 Å².